The van der Waals surface area contributed by atoms with Gasteiger partial charge < -0.3 is 5.32 Å². The van der Waals surface area contributed by atoms with Gasteiger partial charge in [-0.3, -0.25) is 4.79 Å². The van der Waals surface area contributed by atoms with Gasteiger partial charge in [-0.2, -0.15) is 0 Å². The number of halogens is 3. The number of anilines is 1. The van der Waals surface area contributed by atoms with Crippen molar-refractivity contribution in [2.24, 2.45) is 5.14 Å². The van der Waals surface area contributed by atoms with Gasteiger partial charge in [-0.1, -0.05) is 23.2 Å². The normalized spacial score (nSPS) is 11.3. The number of sulfonamides is 1. The fourth-order valence-electron chi connectivity index (χ4n) is 1.63. The molecule has 9 heteroatoms. The summed E-state index contributed by atoms with van der Waals surface area (Å²) in [5.41, 5.74) is 0.546. The third-order valence-electron chi connectivity index (χ3n) is 2.69. The molecule has 0 saturated heterocycles. The number of carbonyl (C=O) groups excluding carboxylic acids is 1. The first-order valence-corrected chi connectivity index (χ1v) is 8.87. The van der Waals surface area contributed by atoms with Crippen molar-refractivity contribution in [2.75, 3.05) is 5.32 Å². The summed E-state index contributed by atoms with van der Waals surface area (Å²) in [4.78, 5) is 12.1. The predicted molar refractivity (Wildman–Crippen MR) is 89.9 cm³/mol. The Kier molecular flexibility index (Phi) is 5.14. The van der Waals surface area contributed by atoms with Gasteiger partial charge in [-0.05, 0) is 52.3 Å². The maximum absolute atomic E-state index is 12.3. The van der Waals surface area contributed by atoms with Crippen molar-refractivity contribution in [1.29, 1.82) is 0 Å². The van der Waals surface area contributed by atoms with E-state index in [1.54, 1.807) is 6.07 Å². The van der Waals surface area contributed by atoms with Crippen LogP contribution in [0.2, 0.25) is 10.0 Å². The lowest BCUT2D eigenvalue weighted by Gasteiger charge is -2.09. The third kappa shape index (κ3) is 3.99. The van der Waals surface area contributed by atoms with Crippen LogP contribution in [0.3, 0.4) is 0 Å². The van der Waals surface area contributed by atoms with Crippen LogP contribution in [0.1, 0.15) is 10.4 Å². The van der Waals surface area contributed by atoms with Gasteiger partial charge in [0.05, 0.1) is 20.5 Å². The smallest absolute Gasteiger partial charge is 0.256 e. The molecule has 5 nitrogen and oxygen atoms in total. The summed E-state index contributed by atoms with van der Waals surface area (Å²) >= 11 is 14.9. The van der Waals surface area contributed by atoms with Crippen LogP contribution in [0, 0.1) is 0 Å². The average molecular weight is 424 g/mol. The summed E-state index contributed by atoms with van der Waals surface area (Å²) < 4.78 is 23.1. The van der Waals surface area contributed by atoms with Gasteiger partial charge in [0.1, 0.15) is 0 Å². The molecule has 0 aromatic heterocycles. The molecule has 1 amide bonds. The van der Waals surface area contributed by atoms with Gasteiger partial charge in [-0.15, -0.1) is 0 Å². The van der Waals surface area contributed by atoms with E-state index in [-0.39, 0.29) is 15.5 Å². The molecule has 2 aromatic carbocycles. The van der Waals surface area contributed by atoms with E-state index in [0.29, 0.717) is 15.2 Å². The van der Waals surface area contributed by atoms with Crippen LogP contribution in [0.15, 0.2) is 45.8 Å². The lowest BCUT2D eigenvalue weighted by Crippen LogP contribution is -2.16. The summed E-state index contributed by atoms with van der Waals surface area (Å²) in [5.74, 6) is -0.518. The maximum atomic E-state index is 12.3. The zero-order chi connectivity index (χ0) is 16.5. The molecule has 0 bridgehead atoms. The monoisotopic (exact) mass is 422 g/mol. The fourth-order valence-corrected chi connectivity index (χ4v) is 2.89. The molecule has 0 aliphatic carbocycles. The van der Waals surface area contributed by atoms with Crippen LogP contribution in [0.25, 0.3) is 0 Å². The molecule has 0 atom stereocenters. The van der Waals surface area contributed by atoms with Gasteiger partial charge in [0.15, 0.2) is 0 Å². The van der Waals surface area contributed by atoms with Crippen molar-refractivity contribution in [3.8, 4) is 0 Å². The van der Waals surface area contributed by atoms with Crippen molar-refractivity contribution in [2.45, 2.75) is 4.90 Å². The summed E-state index contributed by atoms with van der Waals surface area (Å²) in [6.45, 7) is 0. The molecule has 0 unspecified atom stereocenters. The fraction of sp³-hybridized carbons (Fsp3) is 0. The predicted octanol–water partition coefficient (Wildman–Crippen LogP) is 3.66. The standard InChI is InChI=1S/C13H9BrCl2N2O3S/c14-10-3-2-8(22(17,20)21)6-9(10)13(19)18-7-1-4-11(15)12(16)5-7/h1-6H,(H,18,19)(H2,17,20,21). The zero-order valence-corrected chi connectivity index (χ0v) is 14.7. The molecule has 2 aromatic rings. The second-order valence-electron chi connectivity index (χ2n) is 4.27. The second kappa shape index (κ2) is 6.55. The molecule has 0 radical (unpaired) electrons. The number of hydrogen-bond acceptors (Lipinski definition) is 3. The van der Waals surface area contributed by atoms with Crippen molar-refractivity contribution >= 4 is 60.7 Å². The van der Waals surface area contributed by atoms with E-state index in [9.17, 15) is 13.2 Å². The largest absolute Gasteiger partial charge is 0.322 e. The molecule has 2 rings (SSSR count). The number of nitrogens with one attached hydrogen (secondary N) is 1. The topological polar surface area (TPSA) is 89.3 Å². The van der Waals surface area contributed by atoms with E-state index in [1.807, 2.05) is 0 Å². The Labute approximate surface area is 145 Å². The first kappa shape index (κ1) is 17.2. The summed E-state index contributed by atoms with van der Waals surface area (Å²) in [6.07, 6.45) is 0. The molecule has 0 aliphatic heterocycles. The van der Waals surface area contributed by atoms with E-state index in [1.165, 1.54) is 30.3 Å². The molecular weight excluding hydrogens is 415 g/mol. The number of carbonyl (C=O) groups is 1. The second-order valence-corrected chi connectivity index (χ2v) is 7.50. The van der Waals surface area contributed by atoms with Crippen LogP contribution < -0.4 is 10.5 Å². The van der Waals surface area contributed by atoms with Crippen molar-refractivity contribution in [1.82, 2.24) is 0 Å². The Hall–Kier alpha value is -1.12. The molecule has 3 N–H and O–H groups in total. The van der Waals surface area contributed by atoms with E-state index in [4.69, 9.17) is 28.3 Å². The third-order valence-corrected chi connectivity index (χ3v) is 5.03. The Morgan fingerprint density at radius 3 is 2.36 bits per heavy atom. The molecule has 0 saturated carbocycles. The highest BCUT2D eigenvalue weighted by molar-refractivity contribution is 9.10. The molecule has 0 heterocycles. The van der Waals surface area contributed by atoms with E-state index in [0.717, 1.165) is 0 Å². The Bertz CT molecular complexity index is 856. The average Bonchev–Trinajstić information content (AvgIpc) is 2.42. The maximum Gasteiger partial charge on any atom is 0.256 e. The molecule has 22 heavy (non-hydrogen) atoms. The molecule has 0 fully saturated rings. The summed E-state index contributed by atoms with van der Waals surface area (Å²) in [5, 5.41) is 8.30. The Balaban J connectivity index is 2.35. The van der Waals surface area contributed by atoms with Gasteiger partial charge in [0.25, 0.3) is 5.91 Å². The SMILES string of the molecule is NS(=O)(=O)c1ccc(Br)c(C(=O)Nc2ccc(Cl)c(Cl)c2)c1. The first-order valence-electron chi connectivity index (χ1n) is 5.77. The van der Waals surface area contributed by atoms with Gasteiger partial charge in [-0.25, -0.2) is 13.6 Å². The highest BCUT2D eigenvalue weighted by atomic mass is 79.9. The molecule has 0 aliphatic rings. The first-order chi connectivity index (χ1) is 10.2. The minimum atomic E-state index is -3.90. The van der Waals surface area contributed by atoms with Gasteiger partial charge >= 0.3 is 0 Å². The highest BCUT2D eigenvalue weighted by Gasteiger charge is 2.16. The number of amides is 1. The highest BCUT2D eigenvalue weighted by Crippen LogP contribution is 2.26. The van der Waals surface area contributed by atoms with Crippen LogP contribution in [0.4, 0.5) is 5.69 Å². The number of hydrogen-bond donors (Lipinski definition) is 2. The van der Waals surface area contributed by atoms with Gasteiger partial charge in [0, 0.05) is 10.2 Å². The van der Waals surface area contributed by atoms with Crippen molar-refractivity contribution in [3.05, 3.63) is 56.5 Å². The number of primary sulfonamides is 1. The number of rotatable bonds is 3. The lowest BCUT2D eigenvalue weighted by molar-refractivity contribution is 0.102. The Morgan fingerprint density at radius 1 is 1.09 bits per heavy atom. The van der Waals surface area contributed by atoms with Crippen LogP contribution >= 0.6 is 39.1 Å². The van der Waals surface area contributed by atoms with E-state index in [2.05, 4.69) is 21.2 Å². The van der Waals surface area contributed by atoms with Crippen LogP contribution in [0.5, 0.6) is 0 Å². The quantitative estimate of drug-likeness (QED) is 0.789. The lowest BCUT2D eigenvalue weighted by atomic mass is 10.2. The van der Waals surface area contributed by atoms with Crippen molar-refractivity contribution < 1.29 is 13.2 Å². The summed E-state index contributed by atoms with van der Waals surface area (Å²) in [6, 6.07) is 8.52. The minimum absolute atomic E-state index is 0.123. The molecule has 116 valence electrons. The Morgan fingerprint density at radius 2 is 1.77 bits per heavy atom. The minimum Gasteiger partial charge on any atom is -0.322 e. The van der Waals surface area contributed by atoms with Crippen LogP contribution in [-0.4, -0.2) is 14.3 Å². The zero-order valence-electron chi connectivity index (χ0n) is 10.8. The summed E-state index contributed by atoms with van der Waals surface area (Å²) in [7, 11) is -3.90. The van der Waals surface area contributed by atoms with E-state index < -0.39 is 15.9 Å². The van der Waals surface area contributed by atoms with Crippen molar-refractivity contribution in [3.63, 3.8) is 0 Å². The van der Waals surface area contributed by atoms with E-state index >= 15 is 0 Å². The van der Waals surface area contributed by atoms with Crippen LogP contribution in [-0.2, 0) is 10.0 Å². The molecular formula is C13H9BrCl2N2O3S. The number of benzene rings is 2. The number of nitrogens with two attached hydrogens (primary N) is 1. The molecule has 0 spiro atoms. The van der Waals surface area contributed by atoms with Gasteiger partial charge in [0.2, 0.25) is 10.0 Å².